The SMILES string of the molecule is NC(Cc1ccccc1)C(=O)Nc1cc(Br)ccc1Cl. The van der Waals surface area contributed by atoms with E-state index in [0.29, 0.717) is 17.1 Å². The Labute approximate surface area is 131 Å². The molecule has 20 heavy (non-hydrogen) atoms. The number of anilines is 1. The minimum Gasteiger partial charge on any atom is -0.323 e. The molecule has 2 aromatic rings. The van der Waals surface area contributed by atoms with E-state index in [4.69, 9.17) is 17.3 Å². The van der Waals surface area contributed by atoms with E-state index >= 15 is 0 Å². The topological polar surface area (TPSA) is 55.1 Å². The third kappa shape index (κ3) is 4.07. The lowest BCUT2D eigenvalue weighted by molar-refractivity contribution is -0.117. The molecule has 0 saturated carbocycles. The predicted octanol–water partition coefficient (Wildman–Crippen LogP) is 3.61. The molecule has 0 aliphatic carbocycles. The molecule has 0 bridgehead atoms. The lowest BCUT2D eigenvalue weighted by Crippen LogP contribution is -2.37. The Morgan fingerprint density at radius 2 is 1.95 bits per heavy atom. The fourth-order valence-corrected chi connectivity index (χ4v) is 2.31. The Bertz CT molecular complexity index is 604. The molecule has 1 amide bonds. The van der Waals surface area contributed by atoms with Gasteiger partial charge in [0.25, 0.3) is 0 Å². The molecule has 0 spiro atoms. The molecule has 104 valence electrons. The van der Waals surface area contributed by atoms with Gasteiger partial charge in [0.2, 0.25) is 5.91 Å². The second-order valence-corrected chi connectivity index (χ2v) is 5.73. The number of amides is 1. The summed E-state index contributed by atoms with van der Waals surface area (Å²) in [5.74, 6) is -0.256. The minimum atomic E-state index is -0.618. The summed E-state index contributed by atoms with van der Waals surface area (Å²) >= 11 is 9.36. The zero-order chi connectivity index (χ0) is 14.5. The van der Waals surface area contributed by atoms with Crippen LogP contribution in [0.3, 0.4) is 0 Å². The second kappa shape index (κ2) is 6.88. The lowest BCUT2D eigenvalue weighted by atomic mass is 10.1. The molecule has 3 nitrogen and oxygen atoms in total. The van der Waals surface area contributed by atoms with Crippen molar-refractivity contribution >= 4 is 39.1 Å². The molecule has 0 fully saturated rings. The monoisotopic (exact) mass is 352 g/mol. The normalized spacial score (nSPS) is 11.9. The number of nitrogens with one attached hydrogen (secondary N) is 1. The number of hydrogen-bond acceptors (Lipinski definition) is 2. The van der Waals surface area contributed by atoms with Gasteiger partial charge in [0.1, 0.15) is 0 Å². The van der Waals surface area contributed by atoms with Gasteiger partial charge in [-0.15, -0.1) is 0 Å². The van der Waals surface area contributed by atoms with Crippen molar-refractivity contribution in [3.8, 4) is 0 Å². The molecule has 1 atom stereocenters. The number of benzene rings is 2. The third-order valence-corrected chi connectivity index (χ3v) is 3.64. The summed E-state index contributed by atoms with van der Waals surface area (Å²) in [6.07, 6.45) is 0.484. The third-order valence-electron chi connectivity index (χ3n) is 2.82. The number of hydrogen-bond donors (Lipinski definition) is 2. The maximum atomic E-state index is 12.1. The molecular formula is C15H14BrClN2O. The van der Waals surface area contributed by atoms with E-state index in [1.165, 1.54) is 0 Å². The van der Waals surface area contributed by atoms with Gasteiger partial charge in [-0.1, -0.05) is 57.9 Å². The smallest absolute Gasteiger partial charge is 0.241 e. The molecule has 0 aliphatic heterocycles. The molecule has 2 rings (SSSR count). The van der Waals surface area contributed by atoms with Gasteiger partial charge in [0, 0.05) is 4.47 Å². The Hall–Kier alpha value is -1.36. The van der Waals surface area contributed by atoms with Crippen molar-refractivity contribution in [2.24, 2.45) is 5.73 Å². The van der Waals surface area contributed by atoms with Gasteiger partial charge in [0.15, 0.2) is 0 Å². The summed E-state index contributed by atoms with van der Waals surface area (Å²) in [6, 6.07) is 14.3. The number of carbonyl (C=O) groups excluding carboxylic acids is 1. The number of carbonyl (C=O) groups is 1. The van der Waals surface area contributed by atoms with Crippen LogP contribution in [0.1, 0.15) is 5.56 Å². The van der Waals surface area contributed by atoms with Crippen molar-refractivity contribution < 1.29 is 4.79 Å². The summed E-state index contributed by atoms with van der Waals surface area (Å²) in [4.78, 5) is 12.1. The van der Waals surface area contributed by atoms with Crippen molar-refractivity contribution in [1.29, 1.82) is 0 Å². The van der Waals surface area contributed by atoms with Gasteiger partial charge in [-0.2, -0.15) is 0 Å². The molecule has 1 unspecified atom stereocenters. The first kappa shape index (κ1) is 15.0. The average molecular weight is 354 g/mol. The largest absolute Gasteiger partial charge is 0.323 e. The maximum absolute atomic E-state index is 12.1. The van der Waals surface area contributed by atoms with Gasteiger partial charge in [-0.25, -0.2) is 0 Å². The Morgan fingerprint density at radius 1 is 1.25 bits per heavy atom. The van der Waals surface area contributed by atoms with Gasteiger partial charge in [-0.05, 0) is 30.2 Å². The molecular weight excluding hydrogens is 340 g/mol. The van der Waals surface area contributed by atoms with Crippen LogP contribution in [-0.2, 0) is 11.2 Å². The van der Waals surface area contributed by atoms with Crippen LogP contribution in [0.5, 0.6) is 0 Å². The molecule has 0 aromatic heterocycles. The van der Waals surface area contributed by atoms with Crippen LogP contribution < -0.4 is 11.1 Å². The van der Waals surface area contributed by atoms with Crippen LogP contribution in [0.15, 0.2) is 53.0 Å². The van der Waals surface area contributed by atoms with Crippen LogP contribution in [0.4, 0.5) is 5.69 Å². The molecule has 0 heterocycles. The highest BCUT2D eigenvalue weighted by atomic mass is 79.9. The zero-order valence-corrected chi connectivity index (χ0v) is 13.0. The van der Waals surface area contributed by atoms with E-state index in [0.717, 1.165) is 10.0 Å². The maximum Gasteiger partial charge on any atom is 0.241 e. The Morgan fingerprint density at radius 3 is 2.65 bits per heavy atom. The van der Waals surface area contributed by atoms with Crippen molar-refractivity contribution in [3.63, 3.8) is 0 Å². The summed E-state index contributed by atoms with van der Waals surface area (Å²) in [5, 5.41) is 3.23. The van der Waals surface area contributed by atoms with E-state index in [1.807, 2.05) is 36.4 Å². The highest BCUT2D eigenvalue weighted by Crippen LogP contribution is 2.25. The van der Waals surface area contributed by atoms with Gasteiger partial charge in [0.05, 0.1) is 16.8 Å². The van der Waals surface area contributed by atoms with E-state index in [1.54, 1.807) is 12.1 Å². The van der Waals surface area contributed by atoms with Crippen molar-refractivity contribution in [2.45, 2.75) is 12.5 Å². The fraction of sp³-hybridized carbons (Fsp3) is 0.133. The van der Waals surface area contributed by atoms with Gasteiger partial charge in [-0.3, -0.25) is 4.79 Å². The zero-order valence-electron chi connectivity index (χ0n) is 10.6. The van der Waals surface area contributed by atoms with E-state index < -0.39 is 6.04 Å². The van der Waals surface area contributed by atoms with E-state index in [9.17, 15) is 4.79 Å². The van der Waals surface area contributed by atoms with Gasteiger partial charge >= 0.3 is 0 Å². The van der Waals surface area contributed by atoms with Crippen LogP contribution in [0.2, 0.25) is 5.02 Å². The van der Waals surface area contributed by atoms with Crippen molar-refractivity contribution in [3.05, 3.63) is 63.6 Å². The van der Waals surface area contributed by atoms with E-state index in [2.05, 4.69) is 21.2 Å². The van der Waals surface area contributed by atoms with Crippen LogP contribution in [0.25, 0.3) is 0 Å². The highest BCUT2D eigenvalue weighted by Gasteiger charge is 2.15. The average Bonchev–Trinajstić information content (AvgIpc) is 2.44. The van der Waals surface area contributed by atoms with Gasteiger partial charge < -0.3 is 11.1 Å². The summed E-state index contributed by atoms with van der Waals surface area (Å²) in [6.45, 7) is 0. The number of rotatable bonds is 4. The lowest BCUT2D eigenvalue weighted by Gasteiger charge is -2.13. The predicted molar refractivity (Wildman–Crippen MR) is 85.9 cm³/mol. The number of halogens is 2. The van der Waals surface area contributed by atoms with Crippen LogP contribution in [0, 0.1) is 0 Å². The molecule has 2 aromatic carbocycles. The molecule has 5 heteroatoms. The second-order valence-electron chi connectivity index (χ2n) is 4.41. The van der Waals surface area contributed by atoms with Crippen molar-refractivity contribution in [1.82, 2.24) is 0 Å². The molecule has 0 aliphatic rings. The van der Waals surface area contributed by atoms with Crippen LogP contribution >= 0.6 is 27.5 Å². The summed E-state index contributed by atoms with van der Waals surface area (Å²) in [5.41, 5.74) is 7.49. The van der Waals surface area contributed by atoms with Crippen molar-refractivity contribution in [2.75, 3.05) is 5.32 Å². The summed E-state index contributed by atoms with van der Waals surface area (Å²) in [7, 11) is 0. The standard InChI is InChI=1S/C15H14BrClN2O/c16-11-6-7-12(17)14(9-11)19-15(20)13(18)8-10-4-2-1-3-5-10/h1-7,9,13H,8,18H2,(H,19,20). The minimum absolute atomic E-state index is 0.256. The summed E-state index contributed by atoms with van der Waals surface area (Å²) < 4.78 is 0.842. The Kier molecular flexibility index (Phi) is 5.17. The number of nitrogens with two attached hydrogens (primary N) is 1. The first-order valence-corrected chi connectivity index (χ1v) is 7.29. The quantitative estimate of drug-likeness (QED) is 0.882. The molecule has 0 saturated heterocycles. The first-order chi connectivity index (χ1) is 9.56. The Balaban J connectivity index is 2.02. The molecule has 3 N–H and O–H groups in total. The van der Waals surface area contributed by atoms with E-state index in [-0.39, 0.29) is 5.91 Å². The highest BCUT2D eigenvalue weighted by molar-refractivity contribution is 9.10. The first-order valence-electron chi connectivity index (χ1n) is 6.11. The molecule has 0 radical (unpaired) electrons. The van der Waals surface area contributed by atoms with Crippen LogP contribution in [-0.4, -0.2) is 11.9 Å². The fourth-order valence-electron chi connectivity index (χ4n) is 1.78.